The number of benzene rings is 2. The minimum atomic E-state index is -0.156. The monoisotopic (exact) mass is 391 g/mol. The number of carbonyl (C=O) groups excluding carboxylic acids is 1. The number of hydrogen-bond acceptors (Lipinski definition) is 3. The number of amides is 1. The van der Waals surface area contributed by atoms with E-state index in [1.165, 1.54) is 0 Å². The molecule has 0 unspecified atom stereocenters. The van der Waals surface area contributed by atoms with Gasteiger partial charge in [0.05, 0.1) is 6.61 Å². The number of anilines is 1. The van der Waals surface area contributed by atoms with E-state index in [1.807, 2.05) is 59.7 Å². The Bertz CT molecular complexity index is 1120. The van der Waals surface area contributed by atoms with Crippen molar-refractivity contribution < 1.29 is 13.9 Å². The minimum Gasteiger partial charge on any atom is -0.493 e. The number of nitrogens with one attached hydrogen (secondary N) is 1. The third-order valence-corrected chi connectivity index (χ3v) is 5.57. The number of furan rings is 1. The summed E-state index contributed by atoms with van der Waals surface area (Å²) in [5.74, 6) is 1.51. The van der Waals surface area contributed by atoms with Crippen LogP contribution in [-0.2, 0) is 4.79 Å². The van der Waals surface area contributed by atoms with E-state index >= 15 is 0 Å². The van der Waals surface area contributed by atoms with Crippen LogP contribution >= 0.6 is 0 Å². The Morgan fingerprint density at radius 1 is 1.10 bits per heavy atom. The second kappa shape index (κ2) is 8.16. The molecule has 0 bridgehead atoms. The van der Waals surface area contributed by atoms with Crippen molar-refractivity contribution in [2.45, 2.75) is 48.5 Å². The van der Waals surface area contributed by atoms with Crippen LogP contribution in [0.25, 0.3) is 16.5 Å². The van der Waals surface area contributed by atoms with Crippen molar-refractivity contribution in [1.82, 2.24) is 0 Å². The van der Waals surface area contributed by atoms with E-state index in [1.54, 1.807) is 6.08 Å². The molecule has 0 saturated heterocycles. The van der Waals surface area contributed by atoms with Crippen molar-refractivity contribution >= 4 is 28.1 Å². The van der Waals surface area contributed by atoms with Crippen LogP contribution in [0.2, 0.25) is 0 Å². The highest BCUT2D eigenvalue weighted by Crippen LogP contribution is 2.38. The van der Waals surface area contributed by atoms with Crippen LogP contribution < -0.4 is 10.1 Å². The quantitative estimate of drug-likeness (QED) is 0.511. The largest absolute Gasteiger partial charge is 0.493 e. The molecule has 0 aliphatic carbocycles. The van der Waals surface area contributed by atoms with Gasteiger partial charge < -0.3 is 14.5 Å². The maximum absolute atomic E-state index is 12.7. The summed E-state index contributed by atoms with van der Waals surface area (Å²) >= 11 is 0. The van der Waals surface area contributed by atoms with Gasteiger partial charge in [0.2, 0.25) is 5.91 Å². The van der Waals surface area contributed by atoms with Crippen LogP contribution in [0, 0.1) is 34.6 Å². The fourth-order valence-corrected chi connectivity index (χ4v) is 3.56. The number of ether oxygens (including phenoxy) is 1. The molecule has 0 atom stereocenters. The molecular formula is C25H29NO3. The van der Waals surface area contributed by atoms with Crippen LogP contribution in [0.15, 0.2) is 34.8 Å². The zero-order chi connectivity index (χ0) is 21.3. The molecule has 0 radical (unpaired) electrons. The fraction of sp³-hybridized carbons (Fsp3) is 0.320. The van der Waals surface area contributed by atoms with E-state index in [9.17, 15) is 4.79 Å². The maximum Gasteiger partial charge on any atom is 0.248 e. The first-order chi connectivity index (χ1) is 13.7. The van der Waals surface area contributed by atoms with E-state index in [0.29, 0.717) is 6.61 Å². The van der Waals surface area contributed by atoms with Gasteiger partial charge in [-0.25, -0.2) is 0 Å². The number of fused-ring (bicyclic) bond motifs is 1. The predicted molar refractivity (Wildman–Crippen MR) is 120 cm³/mol. The van der Waals surface area contributed by atoms with Crippen LogP contribution in [0.4, 0.5) is 5.69 Å². The zero-order valence-corrected chi connectivity index (χ0v) is 18.3. The van der Waals surface area contributed by atoms with E-state index in [4.69, 9.17) is 9.15 Å². The average molecular weight is 392 g/mol. The van der Waals surface area contributed by atoms with Crippen LogP contribution in [0.1, 0.15) is 47.4 Å². The van der Waals surface area contributed by atoms with Gasteiger partial charge in [-0.15, -0.1) is 0 Å². The zero-order valence-electron chi connectivity index (χ0n) is 18.3. The molecule has 1 heterocycles. The molecule has 2 aromatic carbocycles. The summed E-state index contributed by atoms with van der Waals surface area (Å²) in [6.07, 6.45) is 1.63. The highest BCUT2D eigenvalue weighted by atomic mass is 16.5. The number of carbonyl (C=O) groups is 1. The van der Waals surface area contributed by atoms with Crippen molar-refractivity contribution in [3.63, 3.8) is 0 Å². The van der Waals surface area contributed by atoms with Crippen LogP contribution in [0.3, 0.4) is 0 Å². The van der Waals surface area contributed by atoms with Crippen molar-refractivity contribution in [3.8, 4) is 5.75 Å². The summed E-state index contributed by atoms with van der Waals surface area (Å²) in [6.45, 7) is 14.5. The number of allylic oxidation sites excluding steroid dienone is 1. The molecule has 4 heteroatoms. The first kappa shape index (κ1) is 20.7. The second-order valence-corrected chi connectivity index (χ2v) is 7.54. The van der Waals surface area contributed by atoms with Crippen molar-refractivity contribution in [2.24, 2.45) is 0 Å². The summed E-state index contributed by atoms with van der Waals surface area (Å²) in [6, 6.07) is 7.97. The summed E-state index contributed by atoms with van der Waals surface area (Å²) in [7, 11) is 0. The summed E-state index contributed by atoms with van der Waals surface area (Å²) < 4.78 is 11.9. The van der Waals surface area contributed by atoms with Crippen molar-refractivity contribution in [1.29, 1.82) is 0 Å². The molecule has 4 nitrogen and oxygen atoms in total. The lowest BCUT2D eigenvalue weighted by molar-refractivity contribution is -0.111. The molecule has 0 saturated carbocycles. The van der Waals surface area contributed by atoms with E-state index < -0.39 is 0 Å². The Morgan fingerprint density at radius 3 is 2.52 bits per heavy atom. The number of hydrogen-bond donors (Lipinski definition) is 1. The van der Waals surface area contributed by atoms with Gasteiger partial charge in [-0.1, -0.05) is 12.1 Å². The van der Waals surface area contributed by atoms with Gasteiger partial charge in [0, 0.05) is 28.3 Å². The first-order valence-electron chi connectivity index (χ1n) is 9.96. The smallest absolute Gasteiger partial charge is 0.248 e. The maximum atomic E-state index is 12.7. The Kier molecular flexibility index (Phi) is 5.83. The fourth-order valence-electron chi connectivity index (χ4n) is 3.56. The van der Waals surface area contributed by atoms with Crippen molar-refractivity contribution in [2.75, 3.05) is 11.9 Å². The molecule has 3 rings (SSSR count). The molecule has 0 aliphatic heterocycles. The summed E-state index contributed by atoms with van der Waals surface area (Å²) in [4.78, 5) is 12.7. The van der Waals surface area contributed by atoms with Gasteiger partial charge in [0.1, 0.15) is 17.1 Å². The van der Waals surface area contributed by atoms with Crippen molar-refractivity contribution in [3.05, 3.63) is 63.9 Å². The SMILES string of the molecule is CCOc1c(/C(C)=C/C(=O)Nc2cccc(C)c2C)cc2c(C)c(C)oc2c1C. The third kappa shape index (κ3) is 3.93. The molecule has 3 aromatic rings. The lowest BCUT2D eigenvalue weighted by atomic mass is 9.98. The second-order valence-electron chi connectivity index (χ2n) is 7.54. The van der Waals surface area contributed by atoms with Gasteiger partial charge in [0.25, 0.3) is 0 Å². The Balaban J connectivity index is 2.03. The summed E-state index contributed by atoms with van der Waals surface area (Å²) in [5.41, 5.74) is 7.73. The molecule has 1 N–H and O–H groups in total. The Labute approximate surface area is 172 Å². The van der Waals surface area contributed by atoms with Crippen LogP contribution in [0.5, 0.6) is 5.75 Å². The topological polar surface area (TPSA) is 51.5 Å². The van der Waals surface area contributed by atoms with Gasteiger partial charge in [-0.2, -0.15) is 0 Å². The van der Waals surface area contributed by atoms with Gasteiger partial charge in [-0.3, -0.25) is 4.79 Å². The lowest BCUT2D eigenvalue weighted by Crippen LogP contribution is -2.10. The minimum absolute atomic E-state index is 0.156. The lowest BCUT2D eigenvalue weighted by Gasteiger charge is -2.15. The average Bonchev–Trinajstić information content (AvgIpc) is 2.96. The molecule has 0 aliphatic rings. The Morgan fingerprint density at radius 2 is 1.83 bits per heavy atom. The van der Waals surface area contributed by atoms with Gasteiger partial charge >= 0.3 is 0 Å². The molecule has 0 spiro atoms. The summed E-state index contributed by atoms with van der Waals surface area (Å²) in [5, 5.41) is 4.05. The highest BCUT2D eigenvalue weighted by Gasteiger charge is 2.19. The van der Waals surface area contributed by atoms with Gasteiger partial charge in [-0.05, 0) is 82.9 Å². The first-order valence-corrected chi connectivity index (χ1v) is 9.96. The third-order valence-electron chi connectivity index (χ3n) is 5.57. The van der Waals surface area contributed by atoms with E-state index in [-0.39, 0.29) is 5.91 Å². The molecule has 1 amide bonds. The number of rotatable bonds is 5. The molecule has 29 heavy (non-hydrogen) atoms. The van der Waals surface area contributed by atoms with Gasteiger partial charge in [0.15, 0.2) is 0 Å². The van der Waals surface area contributed by atoms with E-state index in [0.717, 1.165) is 61.6 Å². The van der Waals surface area contributed by atoms with Crippen LogP contribution in [-0.4, -0.2) is 12.5 Å². The van der Waals surface area contributed by atoms with E-state index in [2.05, 4.69) is 18.3 Å². The normalized spacial score (nSPS) is 11.8. The molecule has 152 valence electrons. The standard InChI is InChI=1S/C25H29NO3/c1-8-28-24-18(6)25-21(17(5)19(7)29-25)13-20(24)15(3)12-23(27)26-22-11-9-10-14(2)16(22)4/h9-13H,8H2,1-7H3,(H,26,27)/b15-12+. The molecular weight excluding hydrogens is 362 g/mol. The molecule has 1 aromatic heterocycles. The predicted octanol–water partition coefficient (Wildman–Crippen LogP) is 6.42. The highest BCUT2D eigenvalue weighted by molar-refractivity contribution is 6.05. The Hall–Kier alpha value is -3.01. The molecule has 0 fully saturated rings. The number of aryl methyl sites for hydroxylation is 4.